The van der Waals surface area contributed by atoms with Crippen LogP contribution in [0.25, 0.3) is 11.0 Å². The molecule has 21 heavy (non-hydrogen) atoms. The molecule has 1 aromatic carbocycles. The number of benzene rings is 1. The van der Waals surface area contributed by atoms with Crippen LogP contribution in [-0.4, -0.2) is 37.5 Å². The maximum atomic E-state index is 5.41. The van der Waals surface area contributed by atoms with Crippen molar-refractivity contribution < 1.29 is 14.2 Å². The number of aromatic nitrogens is 2. The SMILES string of the molecule is COCCCCCn1c(=S)[nH]c2cc(OC)c(OC)cc21. The number of hydrogen-bond donors (Lipinski definition) is 1. The van der Waals surface area contributed by atoms with Gasteiger partial charge in [0, 0.05) is 32.4 Å². The molecule has 0 unspecified atom stereocenters. The molecule has 0 bridgehead atoms. The van der Waals surface area contributed by atoms with Gasteiger partial charge in [-0.05, 0) is 31.5 Å². The molecule has 0 saturated heterocycles. The van der Waals surface area contributed by atoms with E-state index >= 15 is 0 Å². The highest BCUT2D eigenvalue weighted by molar-refractivity contribution is 7.71. The molecule has 1 aromatic heterocycles. The first-order valence-corrected chi connectivity index (χ1v) is 7.45. The minimum Gasteiger partial charge on any atom is -0.493 e. The number of imidazole rings is 1. The van der Waals surface area contributed by atoms with Crippen LogP contribution in [0.5, 0.6) is 11.5 Å². The van der Waals surface area contributed by atoms with Gasteiger partial charge in [-0.1, -0.05) is 0 Å². The number of aryl methyl sites for hydroxylation is 1. The van der Waals surface area contributed by atoms with Crippen LogP contribution in [0, 0.1) is 4.77 Å². The van der Waals surface area contributed by atoms with Crippen molar-refractivity contribution in [3.05, 3.63) is 16.9 Å². The summed E-state index contributed by atoms with van der Waals surface area (Å²) >= 11 is 5.41. The number of fused-ring (bicyclic) bond motifs is 1. The molecule has 1 N–H and O–H groups in total. The first-order chi connectivity index (χ1) is 10.2. The van der Waals surface area contributed by atoms with Gasteiger partial charge in [-0.25, -0.2) is 0 Å². The summed E-state index contributed by atoms with van der Waals surface area (Å²) in [4.78, 5) is 3.22. The van der Waals surface area contributed by atoms with Crippen molar-refractivity contribution in [1.82, 2.24) is 9.55 Å². The molecular weight excluding hydrogens is 288 g/mol. The highest BCUT2D eigenvalue weighted by atomic mass is 32.1. The first-order valence-electron chi connectivity index (χ1n) is 7.04. The van der Waals surface area contributed by atoms with Crippen LogP contribution in [0.4, 0.5) is 0 Å². The van der Waals surface area contributed by atoms with E-state index in [1.165, 1.54) is 0 Å². The zero-order chi connectivity index (χ0) is 15.2. The molecule has 2 rings (SSSR count). The van der Waals surface area contributed by atoms with Crippen molar-refractivity contribution in [2.45, 2.75) is 25.8 Å². The predicted molar refractivity (Wildman–Crippen MR) is 86.0 cm³/mol. The monoisotopic (exact) mass is 310 g/mol. The Morgan fingerprint density at radius 1 is 1.05 bits per heavy atom. The largest absolute Gasteiger partial charge is 0.493 e. The van der Waals surface area contributed by atoms with Crippen LogP contribution in [0.15, 0.2) is 12.1 Å². The van der Waals surface area contributed by atoms with Gasteiger partial charge in [0.1, 0.15) is 0 Å². The summed E-state index contributed by atoms with van der Waals surface area (Å²) in [7, 11) is 5.00. The van der Waals surface area contributed by atoms with Gasteiger partial charge in [-0.15, -0.1) is 0 Å². The maximum absolute atomic E-state index is 5.41. The van der Waals surface area contributed by atoms with Crippen LogP contribution in [0.3, 0.4) is 0 Å². The van der Waals surface area contributed by atoms with E-state index in [-0.39, 0.29) is 0 Å². The lowest BCUT2D eigenvalue weighted by atomic mass is 10.2. The molecule has 5 nitrogen and oxygen atoms in total. The summed E-state index contributed by atoms with van der Waals surface area (Å²) in [5.74, 6) is 1.42. The normalized spacial score (nSPS) is 11.0. The molecule has 6 heteroatoms. The molecule has 0 spiro atoms. The lowest BCUT2D eigenvalue weighted by molar-refractivity contribution is 0.191. The van der Waals surface area contributed by atoms with E-state index in [0.717, 1.165) is 48.2 Å². The fourth-order valence-corrected chi connectivity index (χ4v) is 2.70. The van der Waals surface area contributed by atoms with Gasteiger partial charge < -0.3 is 23.8 Å². The number of nitrogens with one attached hydrogen (secondary N) is 1. The number of H-pyrrole nitrogens is 1. The van der Waals surface area contributed by atoms with Crippen molar-refractivity contribution in [2.24, 2.45) is 0 Å². The molecule has 2 aromatic rings. The second kappa shape index (κ2) is 7.47. The molecule has 0 fully saturated rings. The first kappa shape index (κ1) is 15.9. The fraction of sp³-hybridized carbons (Fsp3) is 0.533. The minimum atomic E-state index is 0.702. The van der Waals surface area contributed by atoms with E-state index in [2.05, 4.69) is 9.55 Å². The van der Waals surface area contributed by atoms with E-state index in [1.807, 2.05) is 12.1 Å². The third-order valence-electron chi connectivity index (χ3n) is 3.51. The summed E-state index contributed by atoms with van der Waals surface area (Å²) in [6.45, 7) is 1.70. The summed E-state index contributed by atoms with van der Waals surface area (Å²) in [5, 5.41) is 0. The maximum Gasteiger partial charge on any atom is 0.178 e. The number of methoxy groups -OCH3 is 3. The van der Waals surface area contributed by atoms with Gasteiger partial charge in [0.15, 0.2) is 16.3 Å². The van der Waals surface area contributed by atoms with Crippen LogP contribution in [0.1, 0.15) is 19.3 Å². The molecule has 0 amide bonds. The van der Waals surface area contributed by atoms with Crippen molar-refractivity contribution in [3.8, 4) is 11.5 Å². The number of nitrogens with zero attached hydrogens (tertiary/aromatic N) is 1. The standard InChI is InChI=1S/C15H22N2O3S/c1-18-8-6-4-5-7-17-12-10-14(20-3)13(19-2)9-11(12)16-15(17)21/h9-10H,4-8H2,1-3H3,(H,16,21). The van der Waals surface area contributed by atoms with E-state index in [0.29, 0.717) is 11.5 Å². The van der Waals surface area contributed by atoms with Crippen molar-refractivity contribution in [3.63, 3.8) is 0 Å². The Morgan fingerprint density at radius 2 is 1.76 bits per heavy atom. The van der Waals surface area contributed by atoms with Crippen LogP contribution in [0.2, 0.25) is 0 Å². The number of unbranched alkanes of at least 4 members (excludes halogenated alkanes) is 2. The van der Waals surface area contributed by atoms with E-state index < -0.39 is 0 Å². The Morgan fingerprint density at radius 3 is 2.43 bits per heavy atom. The number of rotatable bonds is 8. The van der Waals surface area contributed by atoms with Gasteiger partial charge in [0.05, 0.1) is 25.3 Å². The summed E-state index contributed by atoms with van der Waals surface area (Å²) < 4.78 is 18.6. The van der Waals surface area contributed by atoms with Gasteiger partial charge in [0.2, 0.25) is 0 Å². The zero-order valence-electron chi connectivity index (χ0n) is 12.8. The predicted octanol–water partition coefficient (Wildman–Crippen LogP) is 3.53. The van der Waals surface area contributed by atoms with Gasteiger partial charge in [-0.2, -0.15) is 0 Å². The molecule has 0 aliphatic carbocycles. The topological polar surface area (TPSA) is 48.4 Å². The Kier molecular flexibility index (Phi) is 5.64. The average Bonchev–Trinajstić information content (AvgIpc) is 2.80. The van der Waals surface area contributed by atoms with Crippen molar-refractivity contribution in [2.75, 3.05) is 27.9 Å². The molecule has 0 radical (unpaired) electrons. The summed E-state index contributed by atoms with van der Waals surface area (Å²) in [6.07, 6.45) is 3.26. The molecule has 0 aliphatic rings. The Labute approximate surface area is 129 Å². The smallest absolute Gasteiger partial charge is 0.178 e. The van der Waals surface area contributed by atoms with Gasteiger partial charge >= 0.3 is 0 Å². The second-order valence-corrected chi connectivity index (χ2v) is 5.25. The van der Waals surface area contributed by atoms with E-state index in [1.54, 1.807) is 21.3 Å². The highest BCUT2D eigenvalue weighted by Crippen LogP contribution is 2.32. The fourth-order valence-electron chi connectivity index (χ4n) is 2.40. The number of ether oxygens (including phenoxy) is 3. The van der Waals surface area contributed by atoms with Crippen LogP contribution < -0.4 is 9.47 Å². The Bertz CT molecular complexity index is 648. The van der Waals surface area contributed by atoms with Crippen LogP contribution in [-0.2, 0) is 11.3 Å². The quantitative estimate of drug-likeness (QED) is 0.598. The van der Waals surface area contributed by atoms with Gasteiger partial charge in [-0.3, -0.25) is 0 Å². The molecule has 0 saturated carbocycles. The molecule has 116 valence electrons. The van der Waals surface area contributed by atoms with E-state index in [9.17, 15) is 0 Å². The molecule has 0 atom stereocenters. The summed E-state index contributed by atoms with van der Waals surface area (Å²) in [6, 6.07) is 3.89. The third-order valence-corrected chi connectivity index (χ3v) is 3.83. The van der Waals surface area contributed by atoms with Crippen molar-refractivity contribution in [1.29, 1.82) is 0 Å². The average molecular weight is 310 g/mol. The zero-order valence-corrected chi connectivity index (χ0v) is 13.6. The lowest BCUT2D eigenvalue weighted by Gasteiger charge is -2.09. The molecular formula is C15H22N2O3S. The Balaban J connectivity index is 2.23. The molecule has 1 heterocycles. The van der Waals surface area contributed by atoms with Gasteiger partial charge in [0.25, 0.3) is 0 Å². The minimum absolute atomic E-state index is 0.702. The molecule has 0 aliphatic heterocycles. The second-order valence-electron chi connectivity index (χ2n) is 4.86. The highest BCUT2D eigenvalue weighted by Gasteiger charge is 2.11. The third kappa shape index (κ3) is 3.57. The van der Waals surface area contributed by atoms with Crippen LogP contribution >= 0.6 is 12.2 Å². The number of aromatic amines is 1. The summed E-state index contributed by atoms with van der Waals surface area (Å²) in [5.41, 5.74) is 2.01. The Hall–Kier alpha value is -1.53. The number of hydrogen-bond acceptors (Lipinski definition) is 4. The van der Waals surface area contributed by atoms with E-state index in [4.69, 9.17) is 26.4 Å². The van der Waals surface area contributed by atoms with Crippen molar-refractivity contribution >= 4 is 23.3 Å². The lowest BCUT2D eigenvalue weighted by Crippen LogP contribution is -1.99.